The first-order chi connectivity index (χ1) is 23.5. The van der Waals surface area contributed by atoms with Crippen LogP contribution in [0.4, 0.5) is 0 Å². The van der Waals surface area contributed by atoms with E-state index < -0.39 is 0 Å². The summed E-state index contributed by atoms with van der Waals surface area (Å²) in [5, 5.41) is 6.92. The summed E-state index contributed by atoms with van der Waals surface area (Å²) in [5.74, 6) is 1.97. The quantitative estimate of drug-likeness (QED) is 0.186. The van der Waals surface area contributed by atoms with Gasteiger partial charge in [-0.2, -0.15) is 0 Å². The summed E-state index contributed by atoms with van der Waals surface area (Å²) in [5.41, 5.74) is 9.84. The molecule has 9 aromatic rings. The normalized spacial score (nSPS) is 13.4. The first kappa shape index (κ1) is 27.0. The average Bonchev–Trinajstić information content (AvgIpc) is 3.61. The molecule has 1 aliphatic carbocycles. The van der Waals surface area contributed by atoms with Gasteiger partial charge >= 0.3 is 0 Å². The maximum Gasteiger partial charge on any atom is 0.164 e. The third-order valence-corrected chi connectivity index (χ3v) is 10.1. The molecule has 0 N–H and O–H groups in total. The van der Waals surface area contributed by atoms with Gasteiger partial charge in [-0.1, -0.05) is 123 Å². The van der Waals surface area contributed by atoms with Crippen molar-refractivity contribution in [3.05, 3.63) is 151 Å². The number of nitrogens with zero attached hydrogens (tertiary/aromatic N) is 3. The molecule has 0 radical (unpaired) electrons. The second-order valence-corrected chi connectivity index (χ2v) is 13.3. The van der Waals surface area contributed by atoms with Gasteiger partial charge in [0.05, 0.1) is 0 Å². The van der Waals surface area contributed by atoms with E-state index in [0.29, 0.717) is 17.5 Å². The van der Waals surface area contributed by atoms with Gasteiger partial charge in [-0.15, -0.1) is 0 Å². The number of rotatable bonds is 3. The first-order valence-corrected chi connectivity index (χ1v) is 16.4. The molecule has 226 valence electrons. The summed E-state index contributed by atoms with van der Waals surface area (Å²) < 4.78 is 6.17. The average molecular weight is 616 g/mol. The molecule has 0 bridgehead atoms. The van der Waals surface area contributed by atoms with Gasteiger partial charge in [-0.05, 0) is 74.1 Å². The predicted molar refractivity (Wildman–Crippen MR) is 196 cm³/mol. The molecular weight excluding hydrogens is 587 g/mol. The minimum Gasteiger partial charge on any atom is -0.456 e. The molecule has 7 aromatic carbocycles. The molecule has 2 heterocycles. The van der Waals surface area contributed by atoms with Crippen molar-refractivity contribution in [1.29, 1.82) is 0 Å². The molecule has 2 aromatic heterocycles. The monoisotopic (exact) mass is 615 g/mol. The molecule has 0 saturated heterocycles. The van der Waals surface area contributed by atoms with E-state index in [9.17, 15) is 0 Å². The van der Waals surface area contributed by atoms with Crippen LogP contribution in [-0.2, 0) is 5.41 Å². The standard InChI is InChI=1S/C44H29N3O/c1-44(2)37-14-8-6-12-32(37)35-23-30(19-21-38(35)44)43-46-41(26-10-4-3-5-11-26)45-42(47-43)29-18-20-31-27(22-29)16-17-28-24-40-36(25-34(28)31)33-13-7-9-15-39(33)48-40/h3-25H,1-2H3. The van der Waals surface area contributed by atoms with E-state index in [1.54, 1.807) is 0 Å². The Labute approximate surface area is 277 Å². The Kier molecular flexibility index (Phi) is 5.59. The summed E-state index contributed by atoms with van der Waals surface area (Å²) in [6.07, 6.45) is 0. The van der Waals surface area contributed by atoms with Crippen molar-refractivity contribution in [2.45, 2.75) is 19.3 Å². The van der Waals surface area contributed by atoms with Gasteiger partial charge in [-0.3, -0.25) is 0 Å². The Morgan fingerprint density at radius 2 is 1.06 bits per heavy atom. The van der Waals surface area contributed by atoms with E-state index >= 15 is 0 Å². The Morgan fingerprint density at radius 3 is 1.90 bits per heavy atom. The molecule has 4 nitrogen and oxygen atoms in total. The van der Waals surface area contributed by atoms with Crippen LogP contribution < -0.4 is 0 Å². The number of aromatic nitrogens is 3. The molecule has 10 rings (SSSR count). The smallest absolute Gasteiger partial charge is 0.164 e. The molecule has 0 amide bonds. The molecule has 0 spiro atoms. The van der Waals surface area contributed by atoms with E-state index in [1.807, 2.05) is 30.3 Å². The van der Waals surface area contributed by atoms with Crippen molar-refractivity contribution in [1.82, 2.24) is 15.0 Å². The van der Waals surface area contributed by atoms with E-state index in [-0.39, 0.29) is 5.41 Å². The topological polar surface area (TPSA) is 51.8 Å². The highest BCUT2D eigenvalue weighted by Crippen LogP contribution is 2.49. The van der Waals surface area contributed by atoms with Crippen LogP contribution in [0.15, 0.2) is 144 Å². The van der Waals surface area contributed by atoms with Crippen LogP contribution >= 0.6 is 0 Å². The zero-order chi connectivity index (χ0) is 32.0. The van der Waals surface area contributed by atoms with Crippen molar-refractivity contribution in [2.24, 2.45) is 0 Å². The number of para-hydroxylation sites is 1. The molecule has 0 fully saturated rings. The molecular formula is C44H29N3O. The summed E-state index contributed by atoms with van der Waals surface area (Å²) in [7, 11) is 0. The first-order valence-electron chi connectivity index (χ1n) is 16.4. The maximum absolute atomic E-state index is 6.17. The summed E-state index contributed by atoms with van der Waals surface area (Å²) in [6, 6.07) is 49.1. The van der Waals surface area contributed by atoms with Gasteiger partial charge in [-0.25, -0.2) is 15.0 Å². The molecule has 0 unspecified atom stereocenters. The van der Waals surface area contributed by atoms with Gasteiger partial charge in [0, 0.05) is 32.9 Å². The third kappa shape index (κ3) is 3.99. The summed E-state index contributed by atoms with van der Waals surface area (Å²) in [6.45, 7) is 4.60. The minimum absolute atomic E-state index is 0.0599. The van der Waals surface area contributed by atoms with Crippen molar-refractivity contribution >= 4 is 43.5 Å². The zero-order valence-corrected chi connectivity index (χ0v) is 26.5. The number of fused-ring (bicyclic) bond motifs is 9. The molecule has 4 heteroatoms. The fourth-order valence-electron chi connectivity index (χ4n) is 7.63. The van der Waals surface area contributed by atoms with E-state index in [2.05, 4.69) is 123 Å². The van der Waals surface area contributed by atoms with Gasteiger partial charge in [0.2, 0.25) is 0 Å². The van der Waals surface area contributed by atoms with Gasteiger partial charge in [0.25, 0.3) is 0 Å². The Bertz CT molecular complexity index is 2760. The van der Waals surface area contributed by atoms with Crippen LogP contribution in [-0.4, -0.2) is 15.0 Å². The number of benzene rings is 7. The minimum atomic E-state index is -0.0599. The molecule has 48 heavy (non-hydrogen) atoms. The Morgan fingerprint density at radius 1 is 0.417 bits per heavy atom. The van der Waals surface area contributed by atoms with E-state index in [1.165, 1.54) is 33.0 Å². The largest absolute Gasteiger partial charge is 0.456 e. The fourth-order valence-corrected chi connectivity index (χ4v) is 7.63. The van der Waals surface area contributed by atoms with Crippen molar-refractivity contribution in [3.63, 3.8) is 0 Å². The Balaban J connectivity index is 1.14. The van der Waals surface area contributed by atoms with Gasteiger partial charge in [0.15, 0.2) is 17.5 Å². The lowest BCUT2D eigenvalue weighted by Crippen LogP contribution is -2.14. The predicted octanol–water partition coefficient (Wildman–Crippen LogP) is 11.4. The van der Waals surface area contributed by atoms with Crippen molar-refractivity contribution < 1.29 is 4.42 Å². The number of hydrogen-bond donors (Lipinski definition) is 0. The van der Waals surface area contributed by atoms with Crippen LogP contribution in [0.25, 0.3) is 88.8 Å². The fraction of sp³-hybridized carbons (Fsp3) is 0.0682. The Hall–Kier alpha value is -6.13. The van der Waals surface area contributed by atoms with Crippen molar-refractivity contribution in [3.8, 4) is 45.3 Å². The van der Waals surface area contributed by atoms with Crippen LogP contribution in [0, 0.1) is 0 Å². The van der Waals surface area contributed by atoms with Gasteiger partial charge < -0.3 is 4.42 Å². The number of furan rings is 1. The zero-order valence-electron chi connectivity index (χ0n) is 26.5. The second-order valence-electron chi connectivity index (χ2n) is 13.3. The summed E-state index contributed by atoms with van der Waals surface area (Å²) in [4.78, 5) is 15.2. The van der Waals surface area contributed by atoms with E-state index in [0.717, 1.165) is 49.4 Å². The highest BCUT2D eigenvalue weighted by Gasteiger charge is 2.35. The highest BCUT2D eigenvalue weighted by atomic mass is 16.3. The highest BCUT2D eigenvalue weighted by molar-refractivity contribution is 6.16. The summed E-state index contributed by atoms with van der Waals surface area (Å²) >= 11 is 0. The van der Waals surface area contributed by atoms with Crippen LogP contribution in [0.5, 0.6) is 0 Å². The lowest BCUT2D eigenvalue weighted by atomic mass is 9.82. The third-order valence-electron chi connectivity index (χ3n) is 10.1. The maximum atomic E-state index is 6.17. The van der Waals surface area contributed by atoms with Gasteiger partial charge in [0.1, 0.15) is 11.2 Å². The number of hydrogen-bond acceptors (Lipinski definition) is 4. The molecule has 0 aliphatic heterocycles. The molecule has 0 atom stereocenters. The van der Waals surface area contributed by atoms with Crippen LogP contribution in [0.1, 0.15) is 25.0 Å². The lowest BCUT2D eigenvalue weighted by Gasteiger charge is -2.21. The van der Waals surface area contributed by atoms with Crippen LogP contribution in [0.2, 0.25) is 0 Å². The second kappa shape index (κ2) is 9.93. The van der Waals surface area contributed by atoms with Crippen LogP contribution in [0.3, 0.4) is 0 Å². The lowest BCUT2D eigenvalue weighted by molar-refractivity contribution is 0.660. The SMILES string of the molecule is CC1(C)c2ccccc2-c2cc(-c3nc(-c4ccccc4)nc(-c4ccc5c(ccc6cc7oc8ccccc8c7cc65)c4)n3)ccc21. The van der Waals surface area contributed by atoms with E-state index in [4.69, 9.17) is 19.4 Å². The molecule has 0 saturated carbocycles. The molecule has 1 aliphatic rings. The van der Waals surface area contributed by atoms with Crippen molar-refractivity contribution in [2.75, 3.05) is 0 Å².